The van der Waals surface area contributed by atoms with E-state index in [-0.39, 0.29) is 31.3 Å². The minimum atomic E-state index is -4.71. The van der Waals surface area contributed by atoms with Gasteiger partial charge in [-0.2, -0.15) is 0 Å². The quantitative estimate of drug-likeness (QED) is 0.0508. The lowest BCUT2D eigenvalue weighted by Gasteiger charge is -2.28. The lowest BCUT2D eigenvalue weighted by molar-refractivity contribution is -0.139. The Morgan fingerprint density at radius 3 is 2.22 bits per heavy atom. The highest BCUT2D eigenvalue weighted by Crippen LogP contribution is 2.45. The van der Waals surface area contributed by atoms with Crippen LogP contribution in [0.2, 0.25) is 0 Å². The molecule has 1 aliphatic rings. The second kappa shape index (κ2) is 23.7. The highest BCUT2D eigenvalue weighted by atomic mass is 31.2. The number of imidazole rings is 1. The van der Waals surface area contributed by atoms with Crippen LogP contribution in [0, 0.1) is 5.92 Å². The van der Waals surface area contributed by atoms with Crippen LogP contribution >= 0.6 is 7.82 Å². The number of benzene rings is 1. The minimum Gasteiger partial charge on any atom is -0.394 e. The number of phosphoric acid groups is 1. The largest absolute Gasteiger partial charge is 0.472 e. The van der Waals surface area contributed by atoms with Gasteiger partial charge in [0, 0.05) is 31.8 Å². The summed E-state index contributed by atoms with van der Waals surface area (Å²) in [5, 5.41) is 20.1. The third kappa shape index (κ3) is 15.9. The number of nitrogens with two attached hydrogens (primary N) is 1. The fraction of sp³-hybridized carbons (Fsp3) is 0.605. The lowest BCUT2D eigenvalue weighted by atomic mass is 10.0. The van der Waals surface area contributed by atoms with Gasteiger partial charge in [-0.15, -0.1) is 0 Å². The molecule has 0 radical (unpaired) electrons. The monoisotopic (exact) mass is 834 g/mol. The van der Waals surface area contributed by atoms with Crippen LogP contribution in [-0.4, -0.2) is 116 Å². The van der Waals surface area contributed by atoms with E-state index < -0.39 is 80.3 Å². The number of nitrogens with one attached hydrogen (secondary N) is 5. The fourth-order valence-electron chi connectivity index (χ4n) is 6.54. The van der Waals surface area contributed by atoms with Crippen LogP contribution in [-0.2, 0) is 55.2 Å². The molecule has 0 saturated carbocycles. The number of primary amides is 1. The summed E-state index contributed by atoms with van der Waals surface area (Å²) in [5.74, 6) is -4.70. The molecule has 3 rings (SSSR count). The maximum absolute atomic E-state index is 13.7. The van der Waals surface area contributed by atoms with E-state index in [2.05, 4.69) is 31.2 Å². The predicted octanol–water partition coefficient (Wildman–Crippen LogP) is 0.751. The maximum Gasteiger partial charge on any atom is 0.472 e. The highest BCUT2D eigenvalue weighted by molar-refractivity contribution is 7.47. The number of carbonyl (C=O) groups excluding carboxylic acids is 6. The molecular formula is C38H59N8O11P. The molecule has 1 aromatic heterocycles. The van der Waals surface area contributed by atoms with Crippen LogP contribution in [0.25, 0.3) is 0 Å². The number of aromatic amines is 1. The van der Waals surface area contributed by atoms with Crippen molar-refractivity contribution < 1.29 is 52.4 Å². The van der Waals surface area contributed by atoms with Crippen molar-refractivity contribution in [2.24, 2.45) is 11.7 Å². The zero-order valence-corrected chi connectivity index (χ0v) is 34.5. The SMILES string of the molecule is CC(=O)N1CCCC1C(=O)NC(CC(C)C)C(=O)NC(Cc1cnc[nH]1)C(=O)NC(CO)C(=O)NC(C(N)=O)C(C)OP(=O)(O)OCCCCCCc1ccccc1. The normalized spacial score (nSPS) is 17.6. The number of hydrogen-bond donors (Lipinski definition) is 8. The van der Waals surface area contributed by atoms with E-state index in [0.29, 0.717) is 31.5 Å². The van der Waals surface area contributed by atoms with Crippen molar-refractivity contribution in [2.45, 2.75) is 122 Å². The standard InChI is InChI=1S/C38H59N8O11P/c1-24(2)19-29(43-38(53)32-16-12-17-46(32)26(4)48)35(50)42-30(20-28-21-40-23-41-28)36(51)44-31(22-47)37(52)45-33(34(39)49)25(3)57-58(54,55)56-18-11-6-5-8-13-27-14-9-7-10-15-27/h7,9-10,14-15,21,23-25,29-33,47H,5-6,8,11-13,16-20,22H2,1-4H3,(H2,39,49)(H,40,41)(H,42,50)(H,43,53)(H,44,51)(H,45,52)(H,54,55). The van der Waals surface area contributed by atoms with E-state index >= 15 is 0 Å². The summed E-state index contributed by atoms with van der Waals surface area (Å²) in [7, 11) is -4.71. The molecule has 322 valence electrons. The molecule has 9 N–H and O–H groups in total. The molecule has 1 saturated heterocycles. The van der Waals surface area contributed by atoms with Gasteiger partial charge in [0.2, 0.25) is 35.4 Å². The van der Waals surface area contributed by atoms with Crippen molar-refractivity contribution in [1.82, 2.24) is 36.1 Å². The van der Waals surface area contributed by atoms with E-state index in [1.165, 1.54) is 36.8 Å². The van der Waals surface area contributed by atoms with Gasteiger partial charge >= 0.3 is 7.82 Å². The van der Waals surface area contributed by atoms with Gasteiger partial charge in [0.1, 0.15) is 30.2 Å². The molecule has 2 aromatic rings. The number of H-pyrrole nitrogens is 1. The van der Waals surface area contributed by atoms with Crippen LogP contribution in [0.4, 0.5) is 0 Å². The van der Waals surface area contributed by atoms with Crippen molar-refractivity contribution >= 4 is 43.3 Å². The van der Waals surface area contributed by atoms with E-state index in [1.807, 2.05) is 44.2 Å². The fourth-order valence-corrected chi connectivity index (χ4v) is 7.50. The number of phosphoric ester groups is 1. The Hall–Kier alpha value is -4.68. The molecule has 58 heavy (non-hydrogen) atoms. The summed E-state index contributed by atoms with van der Waals surface area (Å²) < 4.78 is 22.9. The molecule has 19 nitrogen and oxygen atoms in total. The molecule has 6 amide bonds. The Bertz CT molecular complexity index is 1700. The Kier molecular flexibility index (Phi) is 19.5. The van der Waals surface area contributed by atoms with Crippen LogP contribution < -0.4 is 27.0 Å². The minimum absolute atomic E-state index is 0.0675. The van der Waals surface area contributed by atoms with Crippen LogP contribution in [0.3, 0.4) is 0 Å². The summed E-state index contributed by atoms with van der Waals surface area (Å²) in [6.07, 6.45) is 6.34. The number of aromatic nitrogens is 2. The molecule has 1 fully saturated rings. The van der Waals surface area contributed by atoms with Gasteiger partial charge in [-0.3, -0.25) is 37.8 Å². The summed E-state index contributed by atoms with van der Waals surface area (Å²) in [6.45, 7) is 5.62. The first-order chi connectivity index (χ1) is 27.5. The van der Waals surface area contributed by atoms with Crippen LogP contribution in [0.1, 0.15) is 83.9 Å². The molecular weight excluding hydrogens is 775 g/mol. The second-order valence-corrected chi connectivity index (χ2v) is 16.2. The number of aliphatic hydroxyl groups is 1. The number of unbranched alkanes of at least 4 members (excludes halogenated alkanes) is 3. The molecule has 2 heterocycles. The number of carbonyl (C=O) groups is 6. The van der Waals surface area contributed by atoms with Crippen LogP contribution in [0.15, 0.2) is 42.9 Å². The smallest absolute Gasteiger partial charge is 0.394 e. The molecule has 20 heteroatoms. The van der Waals surface area contributed by atoms with Gasteiger partial charge < -0.3 is 46.9 Å². The molecule has 0 bridgehead atoms. The number of nitrogens with zero attached hydrogens (tertiary/aromatic N) is 2. The summed E-state index contributed by atoms with van der Waals surface area (Å²) in [6, 6.07) is 3.42. The predicted molar refractivity (Wildman–Crippen MR) is 211 cm³/mol. The first-order valence-corrected chi connectivity index (χ1v) is 21.1. The zero-order chi connectivity index (χ0) is 42.8. The third-order valence-corrected chi connectivity index (χ3v) is 10.7. The molecule has 1 aromatic carbocycles. The van der Waals surface area contributed by atoms with Gasteiger partial charge in [-0.05, 0) is 56.9 Å². The van der Waals surface area contributed by atoms with Crippen LogP contribution in [0.5, 0.6) is 0 Å². The number of likely N-dealkylation sites (tertiary alicyclic amines) is 1. The molecule has 0 aliphatic carbocycles. The Morgan fingerprint density at radius 1 is 0.948 bits per heavy atom. The number of amides is 6. The third-order valence-electron chi connectivity index (χ3n) is 9.56. The first-order valence-electron chi connectivity index (χ1n) is 19.6. The molecule has 7 atom stereocenters. The van der Waals surface area contributed by atoms with Gasteiger partial charge in [-0.25, -0.2) is 9.55 Å². The first kappa shape index (κ1) is 47.7. The van der Waals surface area contributed by atoms with Crippen molar-refractivity contribution in [2.75, 3.05) is 19.8 Å². The second-order valence-electron chi connectivity index (χ2n) is 14.8. The number of hydrogen-bond acceptors (Lipinski definition) is 11. The lowest BCUT2D eigenvalue weighted by Crippen LogP contribution is -2.61. The van der Waals surface area contributed by atoms with Gasteiger partial charge in [-0.1, -0.05) is 57.0 Å². The topological polar surface area (TPSA) is 284 Å². The summed E-state index contributed by atoms with van der Waals surface area (Å²) in [4.78, 5) is 96.9. The van der Waals surface area contributed by atoms with E-state index in [1.54, 1.807) is 0 Å². The Balaban J connectivity index is 1.60. The zero-order valence-electron chi connectivity index (χ0n) is 33.6. The maximum atomic E-state index is 13.7. The Morgan fingerprint density at radius 2 is 1.60 bits per heavy atom. The van der Waals surface area contributed by atoms with Gasteiger partial charge in [0.15, 0.2) is 0 Å². The van der Waals surface area contributed by atoms with Crippen molar-refractivity contribution in [1.29, 1.82) is 0 Å². The Labute approximate surface area is 338 Å². The highest BCUT2D eigenvalue weighted by Gasteiger charge is 2.37. The van der Waals surface area contributed by atoms with E-state index in [4.69, 9.17) is 14.8 Å². The van der Waals surface area contributed by atoms with Crippen molar-refractivity contribution in [3.8, 4) is 0 Å². The molecule has 1 aliphatic heterocycles. The molecule has 0 spiro atoms. The average molecular weight is 835 g/mol. The number of aryl methyl sites for hydroxylation is 1. The summed E-state index contributed by atoms with van der Waals surface area (Å²) in [5.41, 5.74) is 7.14. The number of aliphatic hydroxyl groups excluding tert-OH is 1. The molecule has 7 unspecified atom stereocenters. The van der Waals surface area contributed by atoms with Gasteiger partial charge in [0.25, 0.3) is 0 Å². The van der Waals surface area contributed by atoms with E-state index in [0.717, 1.165) is 25.7 Å². The number of rotatable bonds is 25. The summed E-state index contributed by atoms with van der Waals surface area (Å²) >= 11 is 0. The van der Waals surface area contributed by atoms with Crippen molar-refractivity contribution in [3.63, 3.8) is 0 Å². The van der Waals surface area contributed by atoms with Gasteiger partial charge in [0.05, 0.1) is 25.6 Å². The van der Waals surface area contributed by atoms with Crippen molar-refractivity contribution in [3.05, 3.63) is 54.1 Å². The van der Waals surface area contributed by atoms with E-state index in [9.17, 15) is 43.3 Å². The average Bonchev–Trinajstić information content (AvgIpc) is 3.88.